The minimum atomic E-state index is -0.324. The van der Waals surface area contributed by atoms with E-state index in [1.807, 2.05) is 0 Å². The first-order chi connectivity index (χ1) is 12.6. The van der Waals surface area contributed by atoms with E-state index in [1.165, 1.54) is 23.5 Å². The summed E-state index contributed by atoms with van der Waals surface area (Å²) < 4.78 is 13.3. The van der Waals surface area contributed by atoms with E-state index in [1.54, 1.807) is 35.7 Å². The molecule has 0 fully saturated rings. The van der Waals surface area contributed by atoms with Crippen LogP contribution in [-0.2, 0) is 11.2 Å². The van der Waals surface area contributed by atoms with Gasteiger partial charge in [-0.3, -0.25) is 4.79 Å². The van der Waals surface area contributed by atoms with Crippen LogP contribution in [0.4, 0.5) is 10.1 Å². The topological polar surface area (TPSA) is 90.6 Å². The summed E-state index contributed by atoms with van der Waals surface area (Å²) >= 11 is 1.36. The molecule has 0 saturated carbocycles. The second-order valence-corrected chi connectivity index (χ2v) is 6.58. The summed E-state index contributed by atoms with van der Waals surface area (Å²) in [5.41, 5.74) is 2.88. The normalized spacial score (nSPS) is 11.0. The Balaban J connectivity index is 1.46. The predicted octanol–water partition coefficient (Wildman–Crippen LogP) is 3.30. The van der Waals surface area contributed by atoms with Crippen molar-refractivity contribution in [3.8, 4) is 10.6 Å². The highest BCUT2D eigenvalue weighted by Crippen LogP contribution is 2.24. The molecule has 4 rings (SSSR count). The third-order valence-corrected chi connectivity index (χ3v) is 4.70. The van der Waals surface area contributed by atoms with E-state index in [0.29, 0.717) is 33.0 Å². The maximum Gasteiger partial charge on any atom is 0.323 e. The largest absolute Gasteiger partial charge is 0.326 e. The monoisotopic (exact) mass is 368 g/mol. The van der Waals surface area contributed by atoms with E-state index in [-0.39, 0.29) is 23.8 Å². The lowest BCUT2D eigenvalue weighted by Gasteiger charge is -2.04. The average Bonchev–Trinajstić information content (AvgIpc) is 3.20. The van der Waals surface area contributed by atoms with Gasteiger partial charge in [-0.15, -0.1) is 11.3 Å². The van der Waals surface area contributed by atoms with E-state index in [9.17, 15) is 14.0 Å². The van der Waals surface area contributed by atoms with Gasteiger partial charge in [0.15, 0.2) is 0 Å². The van der Waals surface area contributed by atoms with Crippen LogP contribution in [0, 0.1) is 5.82 Å². The number of fused-ring (bicyclic) bond motifs is 1. The molecule has 0 saturated heterocycles. The number of carbonyl (C=O) groups excluding carboxylic acids is 1. The number of halogens is 1. The minimum Gasteiger partial charge on any atom is -0.326 e. The molecule has 0 atom stereocenters. The Morgan fingerprint density at radius 1 is 1.15 bits per heavy atom. The average molecular weight is 368 g/mol. The number of aromatic amines is 2. The molecule has 0 radical (unpaired) electrons. The van der Waals surface area contributed by atoms with Crippen LogP contribution in [0.3, 0.4) is 0 Å². The van der Waals surface area contributed by atoms with Crippen molar-refractivity contribution in [3.63, 3.8) is 0 Å². The summed E-state index contributed by atoms with van der Waals surface area (Å²) in [4.78, 5) is 33.2. The summed E-state index contributed by atoms with van der Waals surface area (Å²) in [6.45, 7) is 0. The van der Waals surface area contributed by atoms with Gasteiger partial charge in [-0.1, -0.05) is 12.1 Å². The van der Waals surface area contributed by atoms with Crippen LogP contribution in [0.1, 0.15) is 5.69 Å². The predicted molar refractivity (Wildman–Crippen MR) is 98.8 cm³/mol. The summed E-state index contributed by atoms with van der Waals surface area (Å²) in [6.07, 6.45) is 0.105. The van der Waals surface area contributed by atoms with Gasteiger partial charge in [0.05, 0.1) is 23.1 Å². The molecule has 2 heterocycles. The number of rotatable bonds is 4. The third-order valence-electron chi connectivity index (χ3n) is 3.76. The molecule has 2 aromatic heterocycles. The van der Waals surface area contributed by atoms with Crippen molar-refractivity contribution < 1.29 is 9.18 Å². The standard InChI is InChI=1S/C18H13FN4O2S/c19-11-3-1-2-10(6-11)17-21-13(9-26-17)8-16(24)20-12-4-5-14-15(7-12)23-18(25)22-14/h1-7,9H,8H2,(H,20,24)(H2,22,23,25). The fraction of sp³-hybridized carbons (Fsp3) is 0.0556. The molecule has 0 unspecified atom stereocenters. The van der Waals surface area contributed by atoms with E-state index in [2.05, 4.69) is 20.3 Å². The van der Waals surface area contributed by atoms with Gasteiger partial charge < -0.3 is 15.3 Å². The minimum absolute atomic E-state index is 0.105. The Hall–Kier alpha value is -3.26. The molecule has 4 aromatic rings. The molecule has 0 aliphatic rings. The maximum absolute atomic E-state index is 13.3. The Morgan fingerprint density at radius 2 is 2.00 bits per heavy atom. The van der Waals surface area contributed by atoms with Gasteiger partial charge in [-0.2, -0.15) is 0 Å². The zero-order chi connectivity index (χ0) is 18.1. The van der Waals surface area contributed by atoms with Gasteiger partial charge in [-0.25, -0.2) is 14.2 Å². The van der Waals surface area contributed by atoms with Crippen LogP contribution in [0.2, 0.25) is 0 Å². The zero-order valence-electron chi connectivity index (χ0n) is 13.4. The number of hydrogen-bond donors (Lipinski definition) is 3. The Morgan fingerprint density at radius 3 is 2.85 bits per heavy atom. The molecule has 0 spiro atoms. The van der Waals surface area contributed by atoms with Crippen LogP contribution in [0.25, 0.3) is 21.6 Å². The second kappa shape index (κ2) is 6.57. The van der Waals surface area contributed by atoms with E-state index in [4.69, 9.17) is 0 Å². The number of thiazole rings is 1. The molecule has 0 bridgehead atoms. The first-order valence-corrected chi connectivity index (χ1v) is 8.67. The van der Waals surface area contributed by atoms with Gasteiger partial charge in [0.25, 0.3) is 0 Å². The van der Waals surface area contributed by atoms with Crippen molar-refractivity contribution >= 4 is 34.0 Å². The maximum atomic E-state index is 13.3. The van der Waals surface area contributed by atoms with Crippen molar-refractivity contribution in [2.45, 2.75) is 6.42 Å². The highest BCUT2D eigenvalue weighted by molar-refractivity contribution is 7.13. The highest BCUT2D eigenvalue weighted by atomic mass is 32.1. The summed E-state index contributed by atoms with van der Waals surface area (Å²) in [7, 11) is 0. The van der Waals surface area contributed by atoms with Crippen molar-refractivity contribution in [2.24, 2.45) is 0 Å². The summed E-state index contributed by atoms with van der Waals surface area (Å²) in [5, 5.41) is 5.23. The second-order valence-electron chi connectivity index (χ2n) is 5.72. The number of carbonyl (C=O) groups is 1. The van der Waals surface area contributed by atoms with Gasteiger partial charge in [-0.05, 0) is 30.3 Å². The smallest absolute Gasteiger partial charge is 0.323 e. The van der Waals surface area contributed by atoms with E-state index < -0.39 is 0 Å². The number of anilines is 1. The Labute approximate surface area is 150 Å². The third kappa shape index (κ3) is 3.40. The number of aromatic nitrogens is 3. The Kier molecular flexibility index (Phi) is 4.10. The van der Waals surface area contributed by atoms with Crippen LogP contribution in [0.15, 0.2) is 52.6 Å². The van der Waals surface area contributed by atoms with Gasteiger partial charge in [0.1, 0.15) is 10.8 Å². The lowest BCUT2D eigenvalue weighted by molar-refractivity contribution is -0.115. The summed E-state index contributed by atoms with van der Waals surface area (Å²) in [5.74, 6) is -0.548. The number of nitrogens with zero attached hydrogens (tertiary/aromatic N) is 1. The SMILES string of the molecule is O=C(Cc1csc(-c2cccc(F)c2)n1)Nc1ccc2[nH]c(=O)[nH]c2c1. The van der Waals surface area contributed by atoms with Crippen LogP contribution >= 0.6 is 11.3 Å². The fourth-order valence-electron chi connectivity index (χ4n) is 2.62. The molecule has 26 heavy (non-hydrogen) atoms. The number of nitrogens with one attached hydrogen (secondary N) is 3. The first kappa shape index (κ1) is 16.2. The molecule has 1 amide bonds. The van der Waals surface area contributed by atoms with Crippen molar-refractivity contribution in [1.82, 2.24) is 15.0 Å². The van der Waals surface area contributed by atoms with Gasteiger partial charge >= 0.3 is 5.69 Å². The van der Waals surface area contributed by atoms with E-state index >= 15 is 0 Å². The number of H-pyrrole nitrogens is 2. The van der Waals surface area contributed by atoms with Crippen molar-refractivity contribution in [2.75, 3.05) is 5.32 Å². The number of benzene rings is 2. The van der Waals surface area contributed by atoms with E-state index in [0.717, 1.165) is 0 Å². The first-order valence-electron chi connectivity index (χ1n) is 7.79. The number of hydrogen-bond acceptors (Lipinski definition) is 4. The quantitative estimate of drug-likeness (QED) is 0.516. The van der Waals surface area contributed by atoms with Crippen molar-refractivity contribution in [3.05, 3.63) is 69.8 Å². The molecule has 6 nitrogen and oxygen atoms in total. The molecule has 130 valence electrons. The molecular weight excluding hydrogens is 355 g/mol. The van der Waals surface area contributed by atoms with Crippen LogP contribution in [0.5, 0.6) is 0 Å². The molecule has 2 aromatic carbocycles. The number of amides is 1. The Bertz CT molecular complexity index is 1160. The van der Waals surface area contributed by atoms with Gasteiger partial charge in [0.2, 0.25) is 5.91 Å². The molecule has 8 heteroatoms. The van der Waals surface area contributed by atoms with Crippen LogP contribution < -0.4 is 11.0 Å². The summed E-state index contributed by atoms with van der Waals surface area (Å²) in [6, 6.07) is 11.3. The lowest BCUT2D eigenvalue weighted by atomic mass is 10.2. The van der Waals surface area contributed by atoms with Gasteiger partial charge in [0, 0.05) is 16.6 Å². The molecule has 3 N–H and O–H groups in total. The fourth-order valence-corrected chi connectivity index (χ4v) is 3.44. The van der Waals surface area contributed by atoms with Crippen LogP contribution in [-0.4, -0.2) is 20.9 Å². The lowest BCUT2D eigenvalue weighted by Crippen LogP contribution is -2.14. The van der Waals surface area contributed by atoms with Crippen molar-refractivity contribution in [1.29, 1.82) is 0 Å². The zero-order valence-corrected chi connectivity index (χ0v) is 14.2. The highest BCUT2D eigenvalue weighted by Gasteiger charge is 2.10. The molecule has 0 aliphatic carbocycles. The molecular formula is C18H13FN4O2S. The number of imidazole rings is 1. The molecule has 0 aliphatic heterocycles.